The molecule has 3 aliphatic rings. The molecular formula is C16H28N4O3. The van der Waals surface area contributed by atoms with Gasteiger partial charge in [0, 0.05) is 45.4 Å². The molecule has 1 saturated carbocycles. The van der Waals surface area contributed by atoms with E-state index < -0.39 is 0 Å². The lowest BCUT2D eigenvalue weighted by Gasteiger charge is -2.38. The summed E-state index contributed by atoms with van der Waals surface area (Å²) in [6, 6.07) is -0.370. The van der Waals surface area contributed by atoms with E-state index in [0.29, 0.717) is 6.10 Å². The Morgan fingerprint density at radius 3 is 2.52 bits per heavy atom. The topological polar surface area (TPSA) is 73.9 Å². The van der Waals surface area contributed by atoms with Crippen LogP contribution in [-0.2, 0) is 9.53 Å². The van der Waals surface area contributed by atoms with Crippen LogP contribution in [0.25, 0.3) is 0 Å². The third-order valence-electron chi connectivity index (χ3n) is 4.97. The summed E-state index contributed by atoms with van der Waals surface area (Å²) in [5.41, 5.74) is 0. The van der Waals surface area contributed by atoms with Crippen LogP contribution in [-0.4, -0.2) is 79.3 Å². The Bertz CT molecular complexity index is 427. The number of urea groups is 1. The third-order valence-corrected chi connectivity index (χ3v) is 4.97. The fourth-order valence-corrected chi connectivity index (χ4v) is 3.24. The largest absolute Gasteiger partial charge is 0.377 e. The van der Waals surface area contributed by atoms with Gasteiger partial charge >= 0.3 is 6.03 Å². The number of ether oxygens (including phenoxy) is 1. The molecule has 7 nitrogen and oxygen atoms in total. The molecule has 23 heavy (non-hydrogen) atoms. The highest BCUT2D eigenvalue weighted by atomic mass is 16.5. The van der Waals surface area contributed by atoms with Gasteiger partial charge in [0.05, 0.1) is 12.1 Å². The molecule has 0 bridgehead atoms. The van der Waals surface area contributed by atoms with Gasteiger partial charge in [-0.3, -0.25) is 19.9 Å². The van der Waals surface area contributed by atoms with Crippen LogP contribution in [0.3, 0.4) is 0 Å². The number of piperazine rings is 1. The first-order valence-corrected chi connectivity index (χ1v) is 8.81. The summed E-state index contributed by atoms with van der Waals surface area (Å²) in [6.45, 7) is 7.37. The van der Waals surface area contributed by atoms with Crippen LogP contribution in [0.15, 0.2) is 0 Å². The van der Waals surface area contributed by atoms with E-state index in [1.165, 1.54) is 6.42 Å². The number of carbonyl (C=O) groups excluding carboxylic acids is 2. The van der Waals surface area contributed by atoms with Crippen molar-refractivity contribution in [1.29, 1.82) is 0 Å². The first kappa shape index (κ1) is 16.7. The van der Waals surface area contributed by atoms with Crippen LogP contribution in [0.4, 0.5) is 4.79 Å². The molecule has 0 aromatic rings. The number of imide groups is 1. The zero-order chi connectivity index (χ0) is 16.2. The van der Waals surface area contributed by atoms with Crippen LogP contribution >= 0.6 is 0 Å². The minimum absolute atomic E-state index is 0.212. The first-order valence-electron chi connectivity index (χ1n) is 8.81. The average Bonchev–Trinajstić information content (AvgIpc) is 3.20. The Hall–Kier alpha value is -1.18. The lowest BCUT2D eigenvalue weighted by Crippen LogP contribution is -2.56. The minimum Gasteiger partial charge on any atom is -0.377 e. The maximum Gasteiger partial charge on any atom is 0.321 e. The summed E-state index contributed by atoms with van der Waals surface area (Å²) >= 11 is 0. The number of nitrogens with zero attached hydrogens (tertiary/aromatic N) is 2. The number of hydrogen-bond acceptors (Lipinski definition) is 5. The number of carbonyl (C=O) groups is 2. The van der Waals surface area contributed by atoms with E-state index in [9.17, 15) is 9.59 Å². The molecule has 0 aromatic heterocycles. The fourth-order valence-electron chi connectivity index (χ4n) is 3.24. The summed E-state index contributed by atoms with van der Waals surface area (Å²) in [4.78, 5) is 28.4. The summed E-state index contributed by atoms with van der Waals surface area (Å²) in [6.07, 6.45) is 4.75. The van der Waals surface area contributed by atoms with Gasteiger partial charge in [-0.1, -0.05) is 0 Å². The lowest BCUT2D eigenvalue weighted by molar-refractivity contribution is -0.125. The van der Waals surface area contributed by atoms with Gasteiger partial charge in [-0.15, -0.1) is 0 Å². The fraction of sp³-hybridized carbons (Fsp3) is 0.875. The highest BCUT2D eigenvalue weighted by Crippen LogP contribution is 2.18. The summed E-state index contributed by atoms with van der Waals surface area (Å²) in [7, 11) is 0. The molecule has 3 amide bonds. The van der Waals surface area contributed by atoms with Crippen LogP contribution < -0.4 is 10.6 Å². The van der Waals surface area contributed by atoms with E-state index >= 15 is 0 Å². The average molecular weight is 324 g/mol. The van der Waals surface area contributed by atoms with Gasteiger partial charge in [0.25, 0.3) is 0 Å². The maximum absolute atomic E-state index is 12.2. The third kappa shape index (κ3) is 4.89. The van der Waals surface area contributed by atoms with E-state index in [0.717, 1.165) is 58.6 Å². The van der Waals surface area contributed by atoms with Crippen LogP contribution in [0.1, 0.15) is 32.6 Å². The van der Waals surface area contributed by atoms with E-state index in [4.69, 9.17) is 4.74 Å². The summed E-state index contributed by atoms with van der Waals surface area (Å²) in [5, 5.41) is 5.23. The van der Waals surface area contributed by atoms with Gasteiger partial charge in [-0.25, -0.2) is 4.79 Å². The number of amides is 3. The normalized spacial score (nSPS) is 27.6. The standard InChI is InChI=1S/C16H28N4O3/c1-12(15(21)18-16(22)17-13-4-5-13)20-8-6-19(7-9-20)11-14-3-2-10-23-14/h12-14H,2-11H2,1H3,(H2,17,18,21,22). The molecule has 1 aliphatic carbocycles. The molecule has 2 N–H and O–H groups in total. The van der Waals surface area contributed by atoms with Crippen molar-refractivity contribution in [2.24, 2.45) is 0 Å². The second-order valence-corrected chi connectivity index (χ2v) is 6.88. The SMILES string of the molecule is CC(C(=O)NC(=O)NC1CC1)N1CCN(CC2CCCO2)CC1. The van der Waals surface area contributed by atoms with Crippen molar-refractivity contribution in [2.75, 3.05) is 39.3 Å². The molecule has 2 heterocycles. The molecule has 2 saturated heterocycles. The highest BCUT2D eigenvalue weighted by molar-refractivity contribution is 5.96. The van der Waals surface area contributed by atoms with E-state index in [2.05, 4.69) is 20.4 Å². The maximum atomic E-state index is 12.2. The first-order chi connectivity index (χ1) is 11.1. The summed E-state index contributed by atoms with van der Waals surface area (Å²) < 4.78 is 5.68. The molecule has 7 heteroatoms. The molecule has 2 aliphatic heterocycles. The van der Waals surface area contributed by atoms with Crippen molar-refractivity contribution >= 4 is 11.9 Å². The van der Waals surface area contributed by atoms with Gasteiger partial charge in [0.1, 0.15) is 0 Å². The van der Waals surface area contributed by atoms with E-state index in [1.54, 1.807) is 0 Å². The van der Waals surface area contributed by atoms with Crippen LogP contribution in [0, 0.1) is 0 Å². The van der Waals surface area contributed by atoms with Gasteiger partial charge in [0.2, 0.25) is 5.91 Å². The molecule has 0 aromatic carbocycles. The Balaban J connectivity index is 1.37. The molecule has 0 spiro atoms. The van der Waals surface area contributed by atoms with Crippen LogP contribution in [0.2, 0.25) is 0 Å². The van der Waals surface area contributed by atoms with Crippen molar-refractivity contribution in [3.8, 4) is 0 Å². The Kier molecular flexibility index (Phi) is 5.50. The van der Waals surface area contributed by atoms with E-state index in [-0.39, 0.29) is 24.0 Å². The second kappa shape index (κ2) is 7.59. The molecule has 0 radical (unpaired) electrons. The highest BCUT2D eigenvalue weighted by Gasteiger charge is 2.29. The summed E-state index contributed by atoms with van der Waals surface area (Å²) in [5.74, 6) is -0.212. The molecule has 2 unspecified atom stereocenters. The zero-order valence-corrected chi connectivity index (χ0v) is 13.9. The number of nitrogens with one attached hydrogen (secondary N) is 2. The van der Waals surface area contributed by atoms with Gasteiger partial charge in [0.15, 0.2) is 0 Å². The van der Waals surface area contributed by atoms with Crippen molar-refractivity contribution < 1.29 is 14.3 Å². The predicted molar refractivity (Wildman–Crippen MR) is 86.1 cm³/mol. The van der Waals surface area contributed by atoms with Gasteiger partial charge in [-0.05, 0) is 32.6 Å². The monoisotopic (exact) mass is 324 g/mol. The van der Waals surface area contributed by atoms with Gasteiger partial charge < -0.3 is 10.1 Å². The van der Waals surface area contributed by atoms with E-state index in [1.807, 2.05) is 6.92 Å². The molecule has 3 fully saturated rings. The number of rotatable bonds is 5. The van der Waals surface area contributed by atoms with Crippen molar-refractivity contribution in [3.63, 3.8) is 0 Å². The quantitative estimate of drug-likeness (QED) is 0.754. The predicted octanol–water partition coefficient (Wildman–Crippen LogP) is 0.160. The molecule has 130 valence electrons. The smallest absolute Gasteiger partial charge is 0.321 e. The second-order valence-electron chi connectivity index (χ2n) is 6.88. The molecule has 3 rings (SSSR count). The Morgan fingerprint density at radius 2 is 1.91 bits per heavy atom. The Morgan fingerprint density at radius 1 is 1.17 bits per heavy atom. The number of hydrogen-bond donors (Lipinski definition) is 2. The Labute approximate surface area is 137 Å². The van der Waals surface area contributed by atoms with Crippen molar-refractivity contribution in [3.05, 3.63) is 0 Å². The van der Waals surface area contributed by atoms with Gasteiger partial charge in [-0.2, -0.15) is 0 Å². The van der Waals surface area contributed by atoms with Crippen molar-refractivity contribution in [2.45, 2.75) is 50.8 Å². The lowest BCUT2D eigenvalue weighted by atomic mass is 10.2. The minimum atomic E-state index is -0.360. The van der Waals surface area contributed by atoms with Crippen LogP contribution in [0.5, 0.6) is 0 Å². The van der Waals surface area contributed by atoms with Crippen molar-refractivity contribution in [1.82, 2.24) is 20.4 Å². The zero-order valence-electron chi connectivity index (χ0n) is 13.9. The molecule has 2 atom stereocenters. The molecular weight excluding hydrogens is 296 g/mol.